The number of nitrogens with one attached hydrogen (secondary N) is 2. The third-order valence-electron chi connectivity index (χ3n) is 6.49. The van der Waals surface area contributed by atoms with Crippen LogP contribution >= 0.6 is 0 Å². The first-order valence-corrected chi connectivity index (χ1v) is 10.6. The molecule has 6 nitrogen and oxygen atoms in total. The van der Waals surface area contributed by atoms with Gasteiger partial charge in [-0.15, -0.1) is 0 Å². The summed E-state index contributed by atoms with van der Waals surface area (Å²) in [5.41, 5.74) is 1.49. The van der Waals surface area contributed by atoms with E-state index < -0.39 is 0 Å². The summed E-state index contributed by atoms with van der Waals surface area (Å²) in [4.78, 5) is 29.1. The Balaban J connectivity index is 1.17. The molecule has 2 N–H and O–H groups in total. The number of benzene rings is 1. The van der Waals surface area contributed by atoms with E-state index in [1.807, 2.05) is 13.0 Å². The van der Waals surface area contributed by atoms with Crippen LogP contribution in [0.25, 0.3) is 0 Å². The van der Waals surface area contributed by atoms with E-state index in [4.69, 9.17) is 0 Å². The highest BCUT2D eigenvalue weighted by atomic mass is 16.2. The Labute approximate surface area is 167 Å². The molecule has 3 aliphatic rings. The molecule has 2 aliphatic carbocycles. The van der Waals surface area contributed by atoms with Crippen molar-refractivity contribution in [2.45, 2.75) is 50.1 Å². The van der Waals surface area contributed by atoms with E-state index in [1.165, 1.54) is 5.56 Å². The molecule has 3 fully saturated rings. The van der Waals surface area contributed by atoms with E-state index in [0.29, 0.717) is 12.6 Å². The molecular formula is C22H32N4O2. The smallest absolute Gasteiger partial charge is 0.237 e. The first kappa shape index (κ1) is 19.4. The molecular weight excluding hydrogens is 352 g/mol. The van der Waals surface area contributed by atoms with Crippen LogP contribution in [-0.2, 0) is 15.0 Å². The van der Waals surface area contributed by atoms with E-state index in [1.54, 1.807) is 0 Å². The number of hydrogen-bond acceptors (Lipinski definition) is 4. The van der Waals surface area contributed by atoms with Crippen molar-refractivity contribution < 1.29 is 9.59 Å². The van der Waals surface area contributed by atoms with Gasteiger partial charge in [-0.25, -0.2) is 0 Å². The lowest BCUT2D eigenvalue weighted by molar-refractivity contribution is -0.128. The maximum atomic E-state index is 12.4. The summed E-state index contributed by atoms with van der Waals surface area (Å²) in [6.07, 6.45) is 4.54. The van der Waals surface area contributed by atoms with Gasteiger partial charge in [0.1, 0.15) is 0 Å². The molecule has 1 atom stereocenters. The topological polar surface area (TPSA) is 64.7 Å². The second kappa shape index (κ2) is 8.21. The van der Waals surface area contributed by atoms with Gasteiger partial charge >= 0.3 is 0 Å². The minimum absolute atomic E-state index is 0.0860. The van der Waals surface area contributed by atoms with Crippen molar-refractivity contribution in [3.05, 3.63) is 35.9 Å². The molecule has 2 saturated carbocycles. The number of nitrogens with zero attached hydrogens (tertiary/aromatic N) is 2. The minimum atomic E-state index is -0.0860. The van der Waals surface area contributed by atoms with Crippen LogP contribution in [0.2, 0.25) is 0 Å². The van der Waals surface area contributed by atoms with Crippen LogP contribution in [0.3, 0.4) is 0 Å². The second-order valence-electron chi connectivity index (χ2n) is 8.69. The zero-order chi connectivity index (χ0) is 19.6. The van der Waals surface area contributed by atoms with Crippen LogP contribution in [0.5, 0.6) is 0 Å². The van der Waals surface area contributed by atoms with Gasteiger partial charge < -0.3 is 10.6 Å². The van der Waals surface area contributed by atoms with Crippen molar-refractivity contribution in [3.63, 3.8) is 0 Å². The first-order chi connectivity index (χ1) is 13.6. The van der Waals surface area contributed by atoms with Crippen LogP contribution < -0.4 is 10.6 Å². The van der Waals surface area contributed by atoms with Gasteiger partial charge in [0, 0.05) is 44.2 Å². The molecule has 28 heavy (non-hydrogen) atoms. The van der Waals surface area contributed by atoms with Gasteiger partial charge in [0.15, 0.2) is 0 Å². The van der Waals surface area contributed by atoms with Gasteiger partial charge in [-0.1, -0.05) is 30.3 Å². The van der Waals surface area contributed by atoms with Crippen LogP contribution in [0.1, 0.15) is 38.2 Å². The van der Waals surface area contributed by atoms with Gasteiger partial charge in [-0.3, -0.25) is 19.4 Å². The normalized spacial score (nSPS) is 23.0. The van der Waals surface area contributed by atoms with Crippen molar-refractivity contribution in [2.24, 2.45) is 0 Å². The van der Waals surface area contributed by atoms with Crippen molar-refractivity contribution >= 4 is 11.8 Å². The molecule has 1 unspecified atom stereocenters. The Kier molecular flexibility index (Phi) is 5.69. The second-order valence-corrected chi connectivity index (χ2v) is 8.69. The van der Waals surface area contributed by atoms with Gasteiger partial charge in [0.2, 0.25) is 11.8 Å². The SMILES string of the molecule is CC(C(=O)NC1CC1)N1CCN(CC(=O)NCC2(c3ccccc3)CC2)CC1. The van der Waals surface area contributed by atoms with Gasteiger partial charge in [-0.2, -0.15) is 0 Å². The van der Waals surface area contributed by atoms with E-state index in [-0.39, 0.29) is 23.3 Å². The first-order valence-electron chi connectivity index (χ1n) is 10.6. The number of rotatable bonds is 8. The van der Waals surface area contributed by atoms with E-state index in [9.17, 15) is 9.59 Å². The number of carbonyl (C=O) groups is 2. The zero-order valence-corrected chi connectivity index (χ0v) is 16.8. The lowest BCUT2D eigenvalue weighted by Gasteiger charge is -2.37. The lowest BCUT2D eigenvalue weighted by atomic mass is 9.96. The number of piperazine rings is 1. The molecule has 0 aromatic heterocycles. The Morgan fingerprint density at radius 2 is 1.79 bits per heavy atom. The quantitative estimate of drug-likeness (QED) is 0.705. The molecule has 0 spiro atoms. The molecule has 2 amide bonds. The summed E-state index contributed by atoms with van der Waals surface area (Å²) in [5, 5.41) is 6.24. The van der Waals surface area contributed by atoms with Crippen molar-refractivity contribution in [2.75, 3.05) is 39.3 Å². The molecule has 1 aliphatic heterocycles. The number of carbonyl (C=O) groups excluding carboxylic acids is 2. The minimum Gasteiger partial charge on any atom is -0.354 e. The fraction of sp³-hybridized carbons (Fsp3) is 0.636. The summed E-state index contributed by atoms with van der Waals surface area (Å²) < 4.78 is 0. The largest absolute Gasteiger partial charge is 0.354 e. The molecule has 0 radical (unpaired) electrons. The van der Waals surface area contributed by atoms with E-state index in [2.05, 4.69) is 44.7 Å². The predicted octanol–water partition coefficient (Wildman–Crippen LogP) is 1.12. The predicted molar refractivity (Wildman–Crippen MR) is 109 cm³/mol. The molecule has 0 bridgehead atoms. The Hall–Kier alpha value is -1.92. The summed E-state index contributed by atoms with van der Waals surface area (Å²) >= 11 is 0. The number of hydrogen-bond donors (Lipinski definition) is 2. The number of amides is 2. The van der Waals surface area contributed by atoms with Gasteiger partial charge in [-0.05, 0) is 38.2 Å². The monoisotopic (exact) mass is 384 g/mol. The maximum absolute atomic E-state index is 12.4. The van der Waals surface area contributed by atoms with Crippen molar-refractivity contribution in [1.29, 1.82) is 0 Å². The van der Waals surface area contributed by atoms with Crippen LogP contribution in [-0.4, -0.2) is 73.0 Å². The van der Waals surface area contributed by atoms with Gasteiger partial charge in [0.05, 0.1) is 12.6 Å². The Morgan fingerprint density at radius 3 is 2.39 bits per heavy atom. The zero-order valence-electron chi connectivity index (χ0n) is 16.8. The highest BCUT2D eigenvalue weighted by molar-refractivity contribution is 5.82. The Morgan fingerprint density at radius 1 is 1.11 bits per heavy atom. The van der Waals surface area contributed by atoms with Crippen LogP contribution in [0.15, 0.2) is 30.3 Å². The third kappa shape index (κ3) is 4.73. The molecule has 152 valence electrons. The molecule has 1 aromatic carbocycles. The summed E-state index contributed by atoms with van der Waals surface area (Å²) in [5.74, 6) is 0.250. The molecule has 1 heterocycles. The molecule has 6 heteroatoms. The fourth-order valence-corrected chi connectivity index (χ4v) is 4.06. The van der Waals surface area contributed by atoms with E-state index in [0.717, 1.165) is 58.4 Å². The molecule has 4 rings (SSSR count). The standard InChI is InChI=1S/C22H32N4O2/c1-17(21(28)24-19-7-8-19)26-13-11-25(12-14-26)15-20(27)23-16-22(9-10-22)18-5-3-2-4-6-18/h2-6,17,19H,7-16H2,1H3,(H,23,27)(H,24,28). The highest BCUT2D eigenvalue weighted by Crippen LogP contribution is 2.47. The summed E-state index contributed by atoms with van der Waals surface area (Å²) in [6, 6.07) is 10.8. The molecule has 1 saturated heterocycles. The van der Waals surface area contributed by atoms with Crippen molar-refractivity contribution in [3.8, 4) is 0 Å². The average molecular weight is 385 g/mol. The summed E-state index contributed by atoms with van der Waals surface area (Å²) in [7, 11) is 0. The molecule has 1 aromatic rings. The van der Waals surface area contributed by atoms with Crippen LogP contribution in [0, 0.1) is 0 Å². The van der Waals surface area contributed by atoms with Gasteiger partial charge in [0.25, 0.3) is 0 Å². The fourth-order valence-electron chi connectivity index (χ4n) is 4.06. The summed E-state index contributed by atoms with van der Waals surface area (Å²) in [6.45, 7) is 6.49. The lowest BCUT2D eigenvalue weighted by Crippen LogP contribution is -2.55. The highest BCUT2D eigenvalue weighted by Gasteiger charge is 2.44. The van der Waals surface area contributed by atoms with Crippen molar-refractivity contribution in [1.82, 2.24) is 20.4 Å². The van der Waals surface area contributed by atoms with Crippen LogP contribution in [0.4, 0.5) is 0 Å². The maximum Gasteiger partial charge on any atom is 0.237 e. The third-order valence-corrected chi connectivity index (χ3v) is 6.49. The Bertz CT molecular complexity index is 692. The van der Waals surface area contributed by atoms with E-state index >= 15 is 0 Å². The average Bonchev–Trinajstić information content (AvgIpc) is 3.64.